The number of carbonyl (C=O) groups excluding carboxylic acids is 2. The second kappa shape index (κ2) is 11.9. The number of rotatable bonds is 8. The molecule has 1 aliphatic carbocycles. The molecular formula is C31H44N2O8. The molecular weight excluding hydrogens is 528 g/mol. The van der Waals surface area contributed by atoms with Crippen molar-refractivity contribution in [3.63, 3.8) is 0 Å². The van der Waals surface area contributed by atoms with Crippen LogP contribution in [0.1, 0.15) is 70.4 Å². The van der Waals surface area contributed by atoms with E-state index in [0.717, 1.165) is 64.1 Å². The van der Waals surface area contributed by atoms with E-state index in [9.17, 15) is 9.59 Å². The first kappa shape index (κ1) is 29.0. The first-order valence-corrected chi connectivity index (χ1v) is 15.3. The highest BCUT2D eigenvalue weighted by Crippen LogP contribution is 2.60. The Hall–Kier alpha value is -2.08. The van der Waals surface area contributed by atoms with Crippen LogP contribution >= 0.6 is 0 Å². The SMILES string of the molecule is C[C@@H]1CC[C@@H]2[C@@H](C)C(OC(=O)CCC(=O)NCc3ccc(CN4CCOCC4)cc3)O[C@@H]3O[C@]4(C)CCC1[C@]32OO4. The number of carbonyl (C=O) groups is 2. The maximum absolute atomic E-state index is 12.8. The predicted octanol–water partition coefficient (Wildman–Crippen LogP) is 3.67. The van der Waals surface area contributed by atoms with E-state index in [1.165, 1.54) is 5.56 Å². The van der Waals surface area contributed by atoms with Gasteiger partial charge in [0, 0.05) is 50.9 Å². The molecule has 6 fully saturated rings. The molecule has 41 heavy (non-hydrogen) atoms. The standard InChI is InChI=1S/C31H44N2O8/c1-20-4-9-25-21(2)28(38-29-31(25)24(20)12-13-30(3,39-29)40-41-31)37-27(35)11-10-26(34)32-18-22-5-7-23(8-6-22)19-33-14-16-36-17-15-33/h5-8,20-21,24-25,28-29H,4,9-19H2,1-3H3,(H,32,34)/t20-,21-,24?,25-,28?,29-,30+,31-/m1/s1. The van der Waals surface area contributed by atoms with Crippen LogP contribution in [0.4, 0.5) is 0 Å². The van der Waals surface area contributed by atoms with Gasteiger partial charge in [-0.25, -0.2) is 9.78 Å². The van der Waals surface area contributed by atoms with E-state index in [1.54, 1.807) is 0 Å². The van der Waals surface area contributed by atoms with Gasteiger partial charge in [0.15, 0.2) is 11.9 Å². The first-order valence-electron chi connectivity index (χ1n) is 15.3. The molecule has 10 nitrogen and oxygen atoms in total. The topological polar surface area (TPSA) is 105 Å². The molecule has 7 rings (SSSR count). The second-order valence-electron chi connectivity index (χ2n) is 12.7. The zero-order valence-electron chi connectivity index (χ0n) is 24.5. The summed E-state index contributed by atoms with van der Waals surface area (Å²) in [5.41, 5.74) is 1.56. The maximum Gasteiger partial charge on any atom is 0.308 e. The van der Waals surface area contributed by atoms with Crippen LogP contribution in [-0.2, 0) is 51.4 Å². The van der Waals surface area contributed by atoms with Gasteiger partial charge in [0.05, 0.1) is 19.6 Å². The monoisotopic (exact) mass is 572 g/mol. The Morgan fingerprint density at radius 2 is 1.76 bits per heavy atom. The van der Waals surface area contributed by atoms with Gasteiger partial charge in [-0.1, -0.05) is 38.1 Å². The summed E-state index contributed by atoms with van der Waals surface area (Å²) in [6.45, 7) is 11.0. The van der Waals surface area contributed by atoms with E-state index in [2.05, 4.69) is 29.3 Å². The van der Waals surface area contributed by atoms with Gasteiger partial charge in [-0.15, -0.1) is 0 Å². The molecule has 1 spiro atoms. The molecule has 2 unspecified atom stereocenters. The van der Waals surface area contributed by atoms with Crippen molar-refractivity contribution in [3.05, 3.63) is 35.4 Å². The lowest BCUT2D eigenvalue weighted by Crippen LogP contribution is -2.70. The minimum Gasteiger partial charge on any atom is -0.435 e. The van der Waals surface area contributed by atoms with Gasteiger partial charge < -0.3 is 24.3 Å². The van der Waals surface area contributed by atoms with E-state index < -0.39 is 29.9 Å². The zero-order valence-corrected chi connectivity index (χ0v) is 24.5. The van der Waals surface area contributed by atoms with E-state index in [1.807, 2.05) is 26.0 Å². The van der Waals surface area contributed by atoms with Crippen LogP contribution in [0.15, 0.2) is 24.3 Å². The Balaban J connectivity index is 0.981. The summed E-state index contributed by atoms with van der Waals surface area (Å²) in [6.07, 6.45) is 2.27. The number of nitrogens with one attached hydrogen (secondary N) is 1. The third-order valence-corrected chi connectivity index (χ3v) is 9.92. The molecule has 1 aromatic carbocycles. The maximum atomic E-state index is 12.8. The summed E-state index contributed by atoms with van der Waals surface area (Å²) in [6, 6.07) is 8.26. The predicted molar refractivity (Wildman–Crippen MR) is 147 cm³/mol. The lowest BCUT2D eigenvalue weighted by molar-refractivity contribution is -0.576. The van der Waals surface area contributed by atoms with E-state index in [0.29, 0.717) is 12.5 Å². The van der Waals surface area contributed by atoms with Crippen LogP contribution in [0.3, 0.4) is 0 Å². The highest BCUT2D eigenvalue weighted by molar-refractivity contribution is 5.81. The van der Waals surface area contributed by atoms with Gasteiger partial charge in [0.2, 0.25) is 18.0 Å². The van der Waals surface area contributed by atoms with Gasteiger partial charge >= 0.3 is 5.97 Å². The summed E-state index contributed by atoms with van der Waals surface area (Å²) < 4.78 is 23.9. The molecule has 1 N–H and O–H groups in total. The molecule has 5 saturated heterocycles. The minimum atomic E-state index is -0.881. The van der Waals surface area contributed by atoms with Crippen molar-refractivity contribution in [2.75, 3.05) is 26.3 Å². The Kier molecular flexibility index (Phi) is 8.42. The van der Waals surface area contributed by atoms with Crippen molar-refractivity contribution in [3.8, 4) is 0 Å². The highest BCUT2D eigenvalue weighted by atomic mass is 17.3. The summed E-state index contributed by atoms with van der Waals surface area (Å²) in [4.78, 5) is 39.7. The average Bonchev–Trinajstić information content (AvgIpc) is 3.20. The number of hydrogen-bond acceptors (Lipinski definition) is 9. The van der Waals surface area contributed by atoms with Crippen LogP contribution in [0.5, 0.6) is 0 Å². The number of hydrogen-bond donors (Lipinski definition) is 1. The Morgan fingerprint density at radius 1 is 1.00 bits per heavy atom. The Bertz CT molecular complexity index is 1090. The number of esters is 1. The fourth-order valence-corrected chi connectivity index (χ4v) is 7.48. The van der Waals surface area contributed by atoms with Crippen molar-refractivity contribution in [1.82, 2.24) is 10.2 Å². The largest absolute Gasteiger partial charge is 0.435 e. The van der Waals surface area contributed by atoms with Crippen molar-refractivity contribution < 1.29 is 38.3 Å². The minimum absolute atomic E-state index is 0.0186. The molecule has 1 saturated carbocycles. The molecule has 8 atom stereocenters. The third kappa shape index (κ3) is 5.92. The first-order chi connectivity index (χ1) is 19.8. The van der Waals surface area contributed by atoms with E-state index >= 15 is 0 Å². The lowest BCUT2D eigenvalue weighted by Gasteiger charge is -2.59. The number of nitrogens with zero attached hydrogens (tertiary/aromatic N) is 1. The number of amides is 1. The molecule has 1 amide bonds. The van der Waals surface area contributed by atoms with Gasteiger partial charge in [-0.05, 0) is 49.1 Å². The van der Waals surface area contributed by atoms with Gasteiger partial charge in [-0.2, -0.15) is 0 Å². The second-order valence-corrected chi connectivity index (χ2v) is 12.7. The highest BCUT2D eigenvalue weighted by Gasteiger charge is 2.69. The number of morpholine rings is 1. The molecule has 226 valence electrons. The van der Waals surface area contributed by atoms with E-state index in [4.69, 9.17) is 28.7 Å². The summed E-state index contributed by atoms with van der Waals surface area (Å²) in [7, 11) is 0. The van der Waals surface area contributed by atoms with Crippen molar-refractivity contribution in [2.45, 2.75) is 96.4 Å². The average molecular weight is 573 g/mol. The van der Waals surface area contributed by atoms with E-state index in [-0.39, 0.29) is 36.5 Å². The molecule has 2 bridgehead atoms. The summed E-state index contributed by atoms with van der Waals surface area (Å²) in [5.74, 6) is -0.840. The fourth-order valence-electron chi connectivity index (χ4n) is 7.48. The van der Waals surface area contributed by atoms with Crippen LogP contribution in [0, 0.1) is 23.7 Å². The smallest absolute Gasteiger partial charge is 0.308 e. The third-order valence-electron chi connectivity index (χ3n) is 9.92. The lowest BCUT2D eigenvalue weighted by atomic mass is 9.58. The molecule has 0 radical (unpaired) electrons. The number of fused-ring (bicyclic) bond motifs is 2. The summed E-state index contributed by atoms with van der Waals surface area (Å²) in [5, 5.41) is 2.91. The molecule has 5 aliphatic heterocycles. The van der Waals surface area contributed by atoms with Crippen LogP contribution < -0.4 is 5.32 Å². The van der Waals surface area contributed by atoms with Crippen LogP contribution in [0.2, 0.25) is 0 Å². The Morgan fingerprint density at radius 3 is 2.54 bits per heavy atom. The van der Waals surface area contributed by atoms with Crippen LogP contribution in [-0.4, -0.2) is 67.0 Å². The van der Waals surface area contributed by atoms with Crippen molar-refractivity contribution in [1.29, 1.82) is 0 Å². The quantitative estimate of drug-likeness (QED) is 0.369. The Labute approximate surface area is 242 Å². The molecule has 5 heterocycles. The van der Waals surface area contributed by atoms with Gasteiger partial charge in [0.1, 0.15) is 0 Å². The van der Waals surface area contributed by atoms with Crippen molar-refractivity contribution in [2.24, 2.45) is 23.7 Å². The molecule has 0 aromatic heterocycles. The number of ether oxygens (including phenoxy) is 4. The zero-order chi connectivity index (χ0) is 28.6. The fraction of sp³-hybridized carbons (Fsp3) is 0.742. The summed E-state index contributed by atoms with van der Waals surface area (Å²) >= 11 is 0. The number of benzene rings is 1. The molecule has 6 aliphatic rings. The normalized spacial score (nSPS) is 38.5. The molecule has 1 aromatic rings. The van der Waals surface area contributed by atoms with Gasteiger partial charge in [0.25, 0.3) is 0 Å². The molecule has 10 heteroatoms. The van der Waals surface area contributed by atoms with Crippen LogP contribution in [0.25, 0.3) is 0 Å². The van der Waals surface area contributed by atoms with Gasteiger partial charge in [-0.3, -0.25) is 14.5 Å². The van der Waals surface area contributed by atoms with Crippen molar-refractivity contribution >= 4 is 11.9 Å².